The molecule has 0 aliphatic carbocycles. The van der Waals surface area contributed by atoms with Crippen molar-refractivity contribution in [2.24, 2.45) is 0 Å². The van der Waals surface area contributed by atoms with Gasteiger partial charge in [0, 0.05) is 17.6 Å². The molecule has 0 aliphatic heterocycles. The molecule has 0 aliphatic rings. The lowest BCUT2D eigenvalue weighted by molar-refractivity contribution is 0.460. The molecule has 0 atom stereocenters. The van der Waals surface area contributed by atoms with E-state index in [2.05, 4.69) is 10.3 Å². The van der Waals surface area contributed by atoms with Crippen LogP contribution in [0.15, 0.2) is 36.4 Å². The number of rotatable bonds is 5. The zero-order valence-electron chi connectivity index (χ0n) is 10.5. The first-order chi connectivity index (χ1) is 9.19. The van der Waals surface area contributed by atoms with E-state index in [4.69, 9.17) is 27.9 Å². The monoisotopic (exact) mass is 296 g/mol. The fraction of sp³-hybridized carbons (Fsp3) is 0.214. The summed E-state index contributed by atoms with van der Waals surface area (Å²) in [7, 11) is 0. The molecule has 0 amide bonds. The first-order valence-electron chi connectivity index (χ1n) is 5.98. The molecule has 0 saturated carbocycles. The van der Waals surface area contributed by atoms with Crippen LogP contribution in [-0.4, -0.2) is 11.5 Å². The van der Waals surface area contributed by atoms with E-state index in [1.165, 1.54) is 0 Å². The Hall–Kier alpha value is -1.29. The molecule has 1 aromatic heterocycles. The Morgan fingerprint density at radius 3 is 2.79 bits per heavy atom. The van der Waals surface area contributed by atoms with Crippen LogP contribution >= 0.6 is 23.2 Å². The third-order valence-electron chi connectivity index (χ3n) is 2.45. The van der Waals surface area contributed by atoms with Crippen LogP contribution in [0.5, 0.6) is 11.6 Å². The van der Waals surface area contributed by atoms with Gasteiger partial charge in [0.05, 0.1) is 10.7 Å². The lowest BCUT2D eigenvalue weighted by Gasteiger charge is -2.08. The maximum absolute atomic E-state index is 6.05. The number of pyridine rings is 1. The summed E-state index contributed by atoms with van der Waals surface area (Å²) in [5.74, 6) is 1.05. The van der Waals surface area contributed by atoms with Crippen LogP contribution in [0.2, 0.25) is 10.0 Å². The minimum atomic E-state index is 0.464. The standard InChI is InChI=1S/C14H14Cl2N2O/c1-2-17-9-11-4-3-5-14(18-11)19-13-7-6-10(15)8-12(13)16/h3-8,17H,2,9H2,1H3. The number of benzene rings is 1. The molecule has 1 aromatic carbocycles. The lowest BCUT2D eigenvalue weighted by Crippen LogP contribution is -2.12. The summed E-state index contributed by atoms with van der Waals surface area (Å²) < 4.78 is 5.66. The molecule has 0 spiro atoms. The summed E-state index contributed by atoms with van der Waals surface area (Å²) in [6.45, 7) is 3.66. The van der Waals surface area contributed by atoms with Gasteiger partial charge in [0.25, 0.3) is 0 Å². The van der Waals surface area contributed by atoms with E-state index >= 15 is 0 Å². The molecule has 5 heteroatoms. The second kappa shape index (κ2) is 6.75. The Kier molecular flexibility index (Phi) is 5.02. The topological polar surface area (TPSA) is 34.1 Å². The average Bonchev–Trinajstić information content (AvgIpc) is 2.40. The molecule has 0 saturated heterocycles. The zero-order valence-corrected chi connectivity index (χ0v) is 12.0. The SMILES string of the molecule is CCNCc1cccc(Oc2ccc(Cl)cc2Cl)n1. The number of hydrogen-bond acceptors (Lipinski definition) is 3. The molecule has 1 heterocycles. The first-order valence-corrected chi connectivity index (χ1v) is 6.74. The third-order valence-corrected chi connectivity index (χ3v) is 2.98. The van der Waals surface area contributed by atoms with Crippen molar-refractivity contribution < 1.29 is 4.74 Å². The van der Waals surface area contributed by atoms with E-state index in [1.54, 1.807) is 24.3 Å². The zero-order chi connectivity index (χ0) is 13.7. The van der Waals surface area contributed by atoms with Crippen LogP contribution in [0.1, 0.15) is 12.6 Å². The Labute approximate surface area is 122 Å². The molecule has 0 fully saturated rings. The van der Waals surface area contributed by atoms with Crippen molar-refractivity contribution >= 4 is 23.2 Å². The van der Waals surface area contributed by atoms with Gasteiger partial charge in [0.15, 0.2) is 0 Å². The van der Waals surface area contributed by atoms with Gasteiger partial charge < -0.3 is 10.1 Å². The number of aromatic nitrogens is 1. The van der Waals surface area contributed by atoms with Crippen LogP contribution in [0.25, 0.3) is 0 Å². The number of nitrogens with one attached hydrogen (secondary N) is 1. The Morgan fingerprint density at radius 1 is 1.21 bits per heavy atom. The van der Waals surface area contributed by atoms with E-state index in [0.29, 0.717) is 28.2 Å². The highest BCUT2D eigenvalue weighted by Crippen LogP contribution is 2.30. The van der Waals surface area contributed by atoms with E-state index in [9.17, 15) is 0 Å². The first kappa shape index (κ1) is 14.1. The summed E-state index contributed by atoms with van der Waals surface area (Å²) in [6, 6.07) is 10.7. The molecule has 3 nitrogen and oxygen atoms in total. The highest BCUT2D eigenvalue weighted by molar-refractivity contribution is 6.35. The molecule has 0 radical (unpaired) electrons. The van der Waals surface area contributed by atoms with Gasteiger partial charge in [-0.1, -0.05) is 36.2 Å². The van der Waals surface area contributed by atoms with E-state index in [-0.39, 0.29) is 0 Å². The fourth-order valence-corrected chi connectivity index (χ4v) is 1.98. The molecule has 19 heavy (non-hydrogen) atoms. The van der Waals surface area contributed by atoms with E-state index in [0.717, 1.165) is 12.2 Å². The van der Waals surface area contributed by atoms with Gasteiger partial charge in [-0.3, -0.25) is 0 Å². The van der Waals surface area contributed by atoms with E-state index < -0.39 is 0 Å². The number of ether oxygens (including phenoxy) is 1. The predicted molar refractivity (Wildman–Crippen MR) is 78.2 cm³/mol. The van der Waals surface area contributed by atoms with Crippen LogP contribution in [0.4, 0.5) is 0 Å². The molecule has 0 bridgehead atoms. The van der Waals surface area contributed by atoms with Gasteiger partial charge in [0.2, 0.25) is 5.88 Å². The third kappa shape index (κ3) is 4.10. The Morgan fingerprint density at radius 2 is 2.05 bits per heavy atom. The van der Waals surface area contributed by atoms with Crippen LogP contribution in [-0.2, 0) is 6.54 Å². The lowest BCUT2D eigenvalue weighted by atomic mass is 10.3. The van der Waals surface area contributed by atoms with Crippen molar-refractivity contribution in [3.8, 4) is 11.6 Å². The second-order valence-electron chi connectivity index (χ2n) is 3.92. The van der Waals surface area contributed by atoms with Gasteiger partial charge in [0.1, 0.15) is 5.75 Å². The van der Waals surface area contributed by atoms with Gasteiger partial charge >= 0.3 is 0 Å². The maximum atomic E-state index is 6.05. The van der Waals surface area contributed by atoms with Gasteiger partial charge in [-0.05, 0) is 30.8 Å². The largest absolute Gasteiger partial charge is 0.437 e. The molecular formula is C14H14Cl2N2O. The minimum absolute atomic E-state index is 0.464. The smallest absolute Gasteiger partial charge is 0.219 e. The summed E-state index contributed by atoms with van der Waals surface area (Å²) in [6.07, 6.45) is 0. The van der Waals surface area contributed by atoms with E-state index in [1.807, 2.05) is 19.1 Å². The van der Waals surface area contributed by atoms with Crippen molar-refractivity contribution in [2.45, 2.75) is 13.5 Å². The Bertz CT molecular complexity index is 561. The van der Waals surface area contributed by atoms with Crippen molar-refractivity contribution in [2.75, 3.05) is 6.54 Å². The van der Waals surface area contributed by atoms with Crippen molar-refractivity contribution in [3.63, 3.8) is 0 Å². The van der Waals surface area contributed by atoms with Gasteiger partial charge in [-0.25, -0.2) is 4.98 Å². The van der Waals surface area contributed by atoms with Crippen molar-refractivity contribution in [1.29, 1.82) is 0 Å². The summed E-state index contributed by atoms with van der Waals surface area (Å²) >= 11 is 11.9. The molecule has 0 unspecified atom stereocenters. The highest BCUT2D eigenvalue weighted by Gasteiger charge is 2.05. The fourth-order valence-electron chi connectivity index (χ4n) is 1.54. The van der Waals surface area contributed by atoms with Gasteiger partial charge in [-0.15, -0.1) is 0 Å². The van der Waals surface area contributed by atoms with Crippen molar-refractivity contribution in [1.82, 2.24) is 10.3 Å². The second-order valence-corrected chi connectivity index (χ2v) is 4.77. The highest BCUT2D eigenvalue weighted by atomic mass is 35.5. The number of hydrogen-bond donors (Lipinski definition) is 1. The molecule has 1 N–H and O–H groups in total. The summed E-state index contributed by atoms with van der Waals surface area (Å²) in [4.78, 5) is 4.39. The van der Waals surface area contributed by atoms with Crippen LogP contribution < -0.4 is 10.1 Å². The normalized spacial score (nSPS) is 10.5. The Balaban J connectivity index is 2.14. The molecule has 2 aromatic rings. The average molecular weight is 297 g/mol. The number of nitrogens with zero attached hydrogens (tertiary/aromatic N) is 1. The molecule has 100 valence electrons. The van der Waals surface area contributed by atoms with Gasteiger partial charge in [-0.2, -0.15) is 0 Å². The van der Waals surface area contributed by atoms with Crippen LogP contribution in [0, 0.1) is 0 Å². The summed E-state index contributed by atoms with van der Waals surface area (Å²) in [5, 5.41) is 4.25. The number of halogens is 2. The predicted octanol–water partition coefficient (Wildman–Crippen LogP) is 4.29. The molecular weight excluding hydrogens is 283 g/mol. The quantitative estimate of drug-likeness (QED) is 0.894. The summed E-state index contributed by atoms with van der Waals surface area (Å²) in [5.41, 5.74) is 0.921. The minimum Gasteiger partial charge on any atom is -0.437 e. The van der Waals surface area contributed by atoms with Crippen LogP contribution in [0.3, 0.4) is 0 Å². The van der Waals surface area contributed by atoms with Crippen molar-refractivity contribution in [3.05, 3.63) is 52.1 Å². The maximum Gasteiger partial charge on any atom is 0.219 e. The molecule has 2 rings (SSSR count).